The van der Waals surface area contributed by atoms with Gasteiger partial charge in [-0.25, -0.2) is 14.8 Å². The number of aromatic nitrogens is 2. The third-order valence-electron chi connectivity index (χ3n) is 4.83. The number of amides is 2. The molecular formula is C17H27N5O2. The van der Waals surface area contributed by atoms with E-state index in [1.54, 1.807) is 12.4 Å². The van der Waals surface area contributed by atoms with Crippen LogP contribution in [0.15, 0.2) is 18.5 Å². The lowest BCUT2D eigenvalue weighted by Crippen LogP contribution is -2.50. The second-order valence-electron chi connectivity index (χ2n) is 6.53. The van der Waals surface area contributed by atoms with Gasteiger partial charge in [-0.2, -0.15) is 0 Å². The Morgan fingerprint density at radius 3 is 2.71 bits per heavy atom. The molecule has 3 heterocycles. The molecule has 3 rings (SSSR count). The van der Waals surface area contributed by atoms with E-state index in [0.29, 0.717) is 5.92 Å². The molecular weight excluding hydrogens is 306 g/mol. The van der Waals surface area contributed by atoms with Crippen LogP contribution in [-0.2, 0) is 4.74 Å². The molecule has 2 fully saturated rings. The topological polar surface area (TPSA) is 70.6 Å². The number of piperidine rings is 1. The molecule has 0 unspecified atom stereocenters. The van der Waals surface area contributed by atoms with Crippen molar-refractivity contribution in [3.8, 4) is 0 Å². The Balaban J connectivity index is 1.45. The van der Waals surface area contributed by atoms with Crippen molar-refractivity contribution in [3.05, 3.63) is 18.5 Å². The maximum atomic E-state index is 12.5. The Morgan fingerprint density at radius 2 is 2.08 bits per heavy atom. The maximum absolute atomic E-state index is 12.5. The smallest absolute Gasteiger partial charge is 0.317 e. The highest BCUT2D eigenvalue weighted by Crippen LogP contribution is 2.17. The standard InChI is InChI=1S/C17H27N5O2/c1-2-21(12-14-6-11-24-13-14)17(23)20-15-4-9-22(10-5-15)16-18-7-3-8-19-16/h3,7-8,14-15H,2,4-6,9-13H2,1H3,(H,20,23)/t14-/m1/s1. The predicted molar refractivity (Wildman–Crippen MR) is 92.0 cm³/mol. The van der Waals surface area contributed by atoms with Gasteiger partial charge in [-0.05, 0) is 32.3 Å². The third-order valence-corrected chi connectivity index (χ3v) is 4.83. The van der Waals surface area contributed by atoms with Crippen LogP contribution in [0, 0.1) is 5.92 Å². The summed E-state index contributed by atoms with van der Waals surface area (Å²) in [5.41, 5.74) is 0. The second kappa shape index (κ2) is 8.28. The van der Waals surface area contributed by atoms with Gasteiger partial charge >= 0.3 is 6.03 Å². The van der Waals surface area contributed by atoms with E-state index >= 15 is 0 Å². The minimum absolute atomic E-state index is 0.0545. The Hall–Kier alpha value is -1.89. The first-order valence-electron chi connectivity index (χ1n) is 8.91. The Bertz CT molecular complexity index is 513. The molecule has 0 aromatic carbocycles. The molecule has 2 aliphatic heterocycles. The summed E-state index contributed by atoms with van der Waals surface area (Å²) in [6, 6.07) is 2.11. The third kappa shape index (κ3) is 4.35. The Morgan fingerprint density at radius 1 is 1.33 bits per heavy atom. The van der Waals surface area contributed by atoms with E-state index < -0.39 is 0 Å². The summed E-state index contributed by atoms with van der Waals surface area (Å²) < 4.78 is 5.41. The van der Waals surface area contributed by atoms with Crippen molar-refractivity contribution in [1.82, 2.24) is 20.2 Å². The van der Waals surface area contributed by atoms with Crippen molar-refractivity contribution in [2.24, 2.45) is 5.92 Å². The highest BCUT2D eigenvalue weighted by atomic mass is 16.5. The van der Waals surface area contributed by atoms with Crippen molar-refractivity contribution < 1.29 is 9.53 Å². The van der Waals surface area contributed by atoms with Gasteiger partial charge < -0.3 is 19.9 Å². The zero-order chi connectivity index (χ0) is 16.8. The lowest BCUT2D eigenvalue weighted by Gasteiger charge is -2.34. The minimum atomic E-state index is 0.0545. The van der Waals surface area contributed by atoms with Gasteiger partial charge in [-0.1, -0.05) is 0 Å². The number of hydrogen-bond donors (Lipinski definition) is 1. The molecule has 1 aromatic heterocycles. The van der Waals surface area contributed by atoms with E-state index in [-0.39, 0.29) is 12.1 Å². The van der Waals surface area contributed by atoms with Crippen LogP contribution in [0.5, 0.6) is 0 Å². The molecule has 0 saturated carbocycles. The first kappa shape index (κ1) is 17.0. The zero-order valence-electron chi connectivity index (χ0n) is 14.4. The first-order valence-corrected chi connectivity index (χ1v) is 8.91. The van der Waals surface area contributed by atoms with Crippen LogP contribution in [0.4, 0.5) is 10.7 Å². The van der Waals surface area contributed by atoms with Gasteiger partial charge in [0.05, 0.1) is 6.61 Å². The molecule has 7 heteroatoms. The molecule has 0 bridgehead atoms. The zero-order valence-corrected chi connectivity index (χ0v) is 14.4. The SMILES string of the molecule is CCN(C[C@H]1CCOC1)C(=O)NC1CCN(c2ncccn2)CC1. The fourth-order valence-electron chi connectivity index (χ4n) is 3.34. The van der Waals surface area contributed by atoms with Crippen LogP contribution in [0.1, 0.15) is 26.2 Å². The van der Waals surface area contributed by atoms with Crippen LogP contribution < -0.4 is 10.2 Å². The average Bonchev–Trinajstić information content (AvgIpc) is 3.14. The van der Waals surface area contributed by atoms with Crippen molar-refractivity contribution >= 4 is 12.0 Å². The van der Waals surface area contributed by atoms with E-state index in [2.05, 4.69) is 20.2 Å². The Labute approximate surface area is 143 Å². The number of rotatable bonds is 5. The van der Waals surface area contributed by atoms with Crippen molar-refractivity contribution in [2.45, 2.75) is 32.2 Å². The van der Waals surface area contributed by atoms with Crippen molar-refractivity contribution in [1.29, 1.82) is 0 Å². The number of carbonyl (C=O) groups excluding carboxylic acids is 1. The van der Waals surface area contributed by atoms with Gasteiger partial charge in [0, 0.05) is 57.1 Å². The van der Waals surface area contributed by atoms with Crippen LogP contribution in [0.2, 0.25) is 0 Å². The molecule has 1 atom stereocenters. The van der Waals surface area contributed by atoms with Crippen LogP contribution >= 0.6 is 0 Å². The van der Waals surface area contributed by atoms with Crippen LogP contribution in [0.3, 0.4) is 0 Å². The number of carbonyl (C=O) groups is 1. The molecule has 1 N–H and O–H groups in total. The van der Waals surface area contributed by atoms with Crippen molar-refractivity contribution in [2.75, 3.05) is 44.3 Å². The Kier molecular flexibility index (Phi) is 5.85. The van der Waals surface area contributed by atoms with Gasteiger partial charge in [0.2, 0.25) is 5.95 Å². The lowest BCUT2D eigenvalue weighted by atomic mass is 10.1. The summed E-state index contributed by atoms with van der Waals surface area (Å²) in [6.07, 6.45) is 6.44. The summed E-state index contributed by atoms with van der Waals surface area (Å²) in [4.78, 5) is 25.2. The van der Waals surface area contributed by atoms with Gasteiger partial charge in [-0.15, -0.1) is 0 Å². The predicted octanol–water partition coefficient (Wildman–Crippen LogP) is 1.51. The highest BCUT2D eigenvalue weighted by Gasteiger charge is 2.25. The largest absolute Gasteiger partial charge is 0.381 e. The molecule has 2 aliphatic rings. The van der Waals surface area contributed by atoms with E-state index in [0.717, 1.165) is 64.6 Å². The molecule has 132 valence electrons. The number of nitrogens with zero attached hydrogens (tertiary/aromatic N) is 4. The summed E-state index contributed by atoms with van der Waals surface area (Å²) in [5.74, 6) is 1.26. The molecule has 0 spiro atoms. The van der Waals surface area contributed by atoms with E-state index in [9.17, 15) is 4.79 Å². The van der Waals surface area contributed by atoms with Crippen LogP contribution in [0.25, 0.3) is 0 Å². The second-order valence-corrected chi connectivity index (χ2v) is 6.53. The average molecular weight is 333 g/mol. The van der Waals surface area contributed by atoms with Gasteiger partial charge in [-0.3, -0.25) is 0 Å². The highest BCUT2D eigenvalue weighted by molar-refractivity contribution is 5.74. The number of anilines is 1. The molecule has 2 saturated heterocycles. The molecule has 2 amide bonds. The summed E-state index contributed by atoms with van der Waals surface area (Å²) in [6.45, 7) is 6.90. The van der Waals surface area contributed by atoms with E-state index in [4.69, 9.17) is 4.74 Å². The van der Waals surface area contributed by atoms with Crippen LogP contribution in [-0.4, -0.2) is 66.3 Å². The molecule has 1 aromatic rings. The van der Waals surface area contributed by atoms with E-state index in [1.807, 2.05) is 17.9 Å². The van der Waals surface area contributed by atoms with Gasteiger partial charge in [0.25, 0.3) is 0 Å². The fraction of sp³-hybridized carbons (Fsp3) is 0.706. The molecule has 0 aliphatic carbocycles. The van der Waals surface area contributed by atoms with Gasteiger partial charge in [0.1, 0.15) is 0 Å². The maximum Gasteiger partial charge on any atom is 0.317 e. The minimum Gasteiger partial charge on any atom is -0.381 e. The molecule has 0 radical (unpaired) electrons. The fourth-order valence-corrected chi connectivity index (χ4v) is 3.34. The van der Waals surface area contributed by atoms with Crippen molar-refractivity contribution in [3.63, 3.8) is 0 Å². The van der Waals surface area contributed by atoms with E-state index in [1.165, 1.54) is 0 Å². The summed E-state index contributed by atoms with van der Waals surface area (Å²) in [5, 5.41) is 3.19. The van der Waals surface area contributed by atoms with Gasteiger partial charge in [0.15, 0.2) is 0 Å². The quantitative estimate of drug-likeness (QED) is 0.884. The normalized spacial score (nSPS) is 21.7. The lowest BCUT2D eigenvalue weighted by molar-refractivity contribution is 0.164. The molecule has 24 heavy (non-hydrogen) atoms. The molecule has 7 nitrogen and oxygen atoms in total. The summed E-state index contributed by atoms with van der Waals surface area (Å²) >= 11 is 0. The number of hydrogen-bond acceptors (Lipinski definition) is 5. The number of nitrogens with one attached hydrogen (secondary N) is 1. The number of urea groups is 1. The monoisotopic (exact) mass is 333 g/mol. The number of ether oxygens (including phenoxy) is 1. The first-order chi connectivity index (χ1) is 11.8. The summed E-state index contributed by atoms with van der Waals surface area (Å²) in [7, 11) is 0.